The van der Waals surface area contributed by atoms with E-state index in [0.717, 1.165) is 19.6 Å². The van der Waals surface area contributed by atoms with Gasteiger partial charge < -0.3 is 14.7 Å². The van der Waals surface area contributed by atoms with E-state index < -0.39 is 5.97 Å². The number of carboxylic acids is 1. The molecule has 110 valence electrons. The lowest BCUT2D eigenvalue weighted by atomic mass is 10.2. The molecule has 0 aromatic heterocycles. The molecule has 0 spiro atoms. The number of benzene rings is 1. The molecule has 0 unspecified atom stereocenters. The minimum Gasteiger partial charge on any atom is -0.491 e. The summed E-state index contributed by atoms with van der Waals surface area (Å²) in [6.07, 6.45) is 1.18. The number of rotatable bonds is 6. The molecule has 1 aromatic carbocycles. The van der Waals surface area contributed by atoms with Crippen LogP contribution in [0.15, 0.2) is 24.3 Å². The molecule has 1 fully saturated rings. The summed E-state index contributed by atoms with van der Waals surface area (Å²) >= 11 is 0. The summed E-state index contributed by atoms with van der Waals surface area (Å²) in [6, 6.07) is 7.38. The quantitative estimate of drug-likeness (QED) is 0.852. The first-order valence-electron chi connectivity index (χ1n) is 6.92. The molecule has 1 saturated heterocycles. The zero-order valence-electron chi connectivity index (χ0n) is 12.1. The van der Waals surface area contributed by atoms with Gasteiger partial charge in [0.05, 0.1) is 0 Å². The van der Waals surface area contributed by atoms with E-state index in [-0.39, 0.29) is 5.56 Å². The van der Waals surface area contributed by atoms with Crippen molar-refractivity contribution in [1.29, 1.82) is 0 Å². The number of para-hydroxylation sites is 1. The molecule has 1 N–H and O–H groups in total. The van der Waals surface area contributed by atoms with E-state index in [9.17, 15) is 4.79 Å². The van der Waals surface area contributed by atoms with Gasteiger partial charge in [-0.1, -0.05) is 12.1 Å². The number of hydrogen-bond donors (Lipinski definition) is 1. The Kier molecular flexibility index (Phi) is 4.98. The molecule has 1 aliphatic rings. The third-order valence-corrected chi connectivity index (χ3v) is 3.76. The molecule has 0 amide bonds. The Morgan fingerprint density at radius 1 is 1.45 bits per heavy atom. The Hall–Kier alpha value is -1.59. The van der Waals surface area contributed by atoms with Gasteiger partial charge in [-0.05, 0) is 39.2 Å². The van der Waals surface area contributed by atoms with E-state index >= 15 is 0 Å². The molecule has 0 radical (unpaired) electrons. The Balaban J connectivity index is 1.81. The molecule has 1 aromatic rings. The van der Waals surface area contributed by atoms with Crippen molar-refractivity contribution in [3.63, 3.8) is 0 Å². The zero-order valence-corrected chi connectivity index (χ0v) is 12.1. The molecule has 20 heavy (non-hydrogen) atoms. The van der Waals surface area contributed by atoms with Crippen LogP contribution in [0.3, 0.4) is 0 Å². The fourth-order valence-corrected chi connectivity index (χ4v) is 2.49. The van der Waals surface area contributed by atoms with Crippen LogP contribution < -0.4 is 4.74 Å². The maximum atomic E-state index is 11.1. The van der Waals surface area contributed by atoms with Crippen LogP contribution in [0.25, 0.3) is 0 Å². The van der Waals surface area contributed by atoms with E-state index in [0.29, 0.717) is 18.4 Å². The standard InChI is InChI=1S/C15H22N2O3/c1-16(2)12-7-8-17(11-12)9-10-20-14-6-4-3-5-13(14)15(18)19/h3-6,12H,7-11H2,1-2H3,(H,18,19)/t12-/m0/s1. The summed E-state index contributed by atoms with van der Waals surface area (Å²) in [5.74, 6) is -0.502. The molecule has 5 nitrogen and oxygen atoms in total. The summed E-state index contributed by atoms with van der Waals surface area (Å²) in [4.78, 5) is 15.7. The lowest BCUT2D eigenvalue weighted by Gasteiger charge is -2.20. The van der Waals surface area contributed by atoms with Crippen LogP contribution in [-0.2, 0) is 0 Å². The van der Waals surface area contributed by atoms with Gasteiger partial charge in [-0.25, -0.2) is 4.79 Å². The van der Waals surface area contributed by atoms with E-state index in [1.165, 1.54) is 6.42 Å². The second-order valence-corrected chi connectivity index (χ2v) is 5.36. The second kappa shape index (κ2) is 6.72. The monoisotopic (exact) mass is 278 g/mol. The normalized spacial score (nSPS) is 19.4. The van der Waals surface area contributed by atoms with Crippen LogP contribution in [0.5, 0.6) is 5.75 Å². The minimum atomic E-state index is -0.950. The van der Waals surface area contributed by atoms with E-state index in [4.69, 9.17) is 9.84 Å². The summed E-state index contributed by atoms with van der Waals surface area (Å²) in [7, 11) is 4.21. The van der Waals surface area contributed by atoms with Gasteiger partial charge >= 0.3 is 5.97 Å². The van der Waals surface area contributed by atoms with Crippen LogP contribution in [0.1, 0.15) is 16.8 Å². The minimum absolute atomic E-state index is 0.222. The molecule has 1 aliphatic heterocycles. The van der Waals surface area contributed by atoms with Gasteiger partial charge in [-0.3, -0.25) is 4.90 Å². The number of aromatic carboxylic acids is 1. The predicted molar refractivity (Wildman–Crippen MR) is 77.4 cm³/mol. The molecule has 0 saturated carbocycles. The van der Waals surface area contributed by atoms with Crippen LogP contribution in [-0.4, -0.2) is 67.3 Å². The van der Waals surface area contributed by atoms with Crippen LogP contribution in [0.4, 0.5) is 0 Å². The van der Waals surface area contributed by atoms with Crippen LogP contribution in [0, 0.1) is 0 Å². The van der Waals surface area contributed by atoms with Gasteiger partial charge in [0.1, 0.15) is 17.9 Å². The highest BCUT2D eigenvalue weighted by atomic mass is 16.5. The highest BCUT2D eigenvalue weighted by molar-refractivity contribution is 5.90. The smallest absolute Gasteiger partial charge is 0.339 e. The highest BCUT2D eigenvalue weighted by Crippen LogP contribution is 2.18. The van der Waals surface area contributed by atoms with Crippen molar-refractivity contribution >= 4 is 5.97 Å². The molecule has 1 atom stereocenters. The van der Waals surface area contributed by atoms with Crippen molar-refractivity contribution in [3.8, 4) is 5.75 Å². The van der Waals surface area contributed by atoms with Crippen molar-refractivity contribution in [1.82, 2.24) is 9.80 Å². The highest BCUT2D eigenvalue weighted by Gasteiger charge is 2.23. The Morgan fingerprint density at radius 2 is 2.20 bits per heavy atom. The molecule has 2 rings (SSSR count). The van der Waals surface area contributed by atoms with Crippen molar-refractivity contribution in [2.24, 2.45) is 0 Å². The molecule has 5 heteroatoms. The van der Waals surface area contributed by atoms with Crippen molar-refractivity contribution in [3.05, 3.63) is 29.8 Å². The predicted octanol–water partition coefficient (Wildman–Crippen LogP) is 1.40. The number of likely N-dealkylation sites (tertiary alicyclic amines) is 1. The van der Waals surface area contributed by atoms with Gasteiger partial charge in [0.2, 0.25) is 0 Å². The number of carboxylic acid groups (broad SMARTS) is 1. The first-order chi connectivity index (χ1) is 9.58. The largest absolute Gasteiger partial charge is 0.491 e. The number of hydrogen-bond acceptors (Lipinski definition) is 4. The van der Waals surface area contributed by atoms with Crippen molar-refractivity contribution < 1.29 is 14.6 Å². The summed E-state index contributed by atoms with van der Waals surface area (Å²) < 4.78 is 5.62. The number of likely N-dealkylation sites (N-methyl/N-ethyl adjacent to an activating group) is 1. The number of ether oxygens (including phenoxy) is 1. The number of carbonyl (C=O) groups is 1. The van der Waals surface area contributed by atoms with E-state index in [1.807, 2.05) is 0 Å². The Bertz CT molecular complexity index is 462. The van der Waals surface area contributed by atoms with Crippen LogP contribution in [0.2, 0.25) is 0 Å². The van der Waals surface area contributed by atoms with Gasteiger partial charge in [0.15, 0.2) is 0 Å². The average molecular weight is 278 g/mol. The fourth-order valence-electron chi connectivity index (χ4n) is 2.49. The van der Waals surface area contributed by atoms with Crippen molar-refractivity contribution in [2.75, 3.05) is 40.3 Å². The topological polar surface area (TPSA) is 53.0 Å². The van der Waals surface area contributed by atoms with Gasteiger partial charge in [0.25, 0.3) is 0 Å². The molecular formula is C15H22N2O3. The average Bonchev–Trinajstić information content (AvgIpc) is 2.88. The molecule has 0 bridgehead atoms. The third-order valence-electron chi connectivity index (χ3n) is 3.76. The second-order valence-electron chi connectivity index (χ2n) is 5.36. The fraction of sp³-hybridized carbons (Fsp3) is 0.533. The molecular weight excluding hydrogens is 256 g/mol. The van der Waals surface area contributed by atoms with Crippen LogP contribution >= 0.6 is 0 Å². The first kappa shape index (κ1) is 14.8. The summed E-state index contributed by atoms with van der Waals surface area (Å²) in [6.45, 7) is 3.48. The van der Waals surface area contributed by atoms with Gasteiger partial charge in [0, 0.05) is 19.1 Å². The number of nitrogens with zero attached hydrogens (tertiary/aromatic N) is 2. The first-order valence-corrected chi connectivity index (χ1v) is 6.92. The molecule has 1 heterocycles. The SMILES string of the molecule is CN(C)[C@H]1CCN(CCOc2ccccc2C(=O)O)C1. The van der Waals surface area contributed by atoms with Gasteiger partial charge in [-0.15, -0.1) is 0 Å². The lowest BCUT2D eigenvalue weighted by Crippen LogP contribution is -2.33. The lowest BCUT2D eigenvalue weighted by molar-refractivity contribution is 0.0691. The summed E-state index contributed by atoms with van der Waals surface area (Å²) in [5, 5.41) is 9.08. The van der Waals surface area contributed by atoms with E-state index in [1.54, 1.807) is 24.3 Å². The molecule has 0 aliphatic carbocycles. The Labute approximate surface area is 119 Å². The summed E-state index contributed by atoms with van der Waals surface area (Å²) in [5.41, 5.74) is 0.222. The van der Waals surface area contributed by atoms with Crippen molar-refractivity contribution in [2.45, 2.75) is 12.5 Å². The maximum absolute atomic E-state index is 11.1. The Morgan fingerprint density at radius 3 is 2.85 bits per heavy atom. The zero-order chi connectivity index (χ0) is 14.5. The van der Waals surface area contributed by atoms with Gasteiger partial charge in [-0.2, -0.15) is 0 Å². The van der Waals surface area contributed by atoms with E-state index in [2.05, 4.69) is 23.9 Å². The third kappa shape index (κ3) is 3.71. The maximum Gasteiger partial charge on any atom is 0.339 e.